The van der Waals surface area contributed by atoms with Crippen molar-refractivity contribution < 1.29 is 14.6 Å². The van der Waals surface area contributed by atoms with Crippen LogP contribution < -0.4 is 4.74 Å². The Labute approximate surface area is 95.0 Å². The Morgan fingerprint density at radius 1 is 1.44 bits per heavy atom. The van der Waals surface area contributed by atoms with Crippen LogP contribution in [0.2, 0.25) is 0 Å². The van der Waals surface area contributed by atoms with Crippen LogP contribution in [0.5, 0.6) is 5.75 Å². The summed E-state index contributed by atoms with van der Waals surface area (Å²) >= 11 is 0. The van der Waals surface area contributed by atoms with Crippen LogP contribution in [0, 0.1) is 5.92 Å². The van der Waals surface area contributed by atoms with Crippen molar-refractivity contribution in [2.75, 3.05) is 0 Å². The molecule has 1 unspecified atom stereocenters. The van der Waals surface area contributed by atoms with Crippen LogP contribution >= 0.6 is 0 Å². The van der Waals surface area contributed by atoms with E-state index in [1.807, 2.05) is 38.1 Å². The average Bonchev–Trinajstić information content (AvgIpc) is 2.97. The minimum Gasteiger partial charge on any atom is -0.491 e. The van der Waals surface area contributed by atoms with Gasteiger partial charge in [-0.3, -0.25) is 4.79 Å². The number of carboxylic acids is 1. The lowest BCUT2D eigenvalue weighted by molar-refractivity contribution is -0.138. The summed E-state index contributed by atoms with van der Waals surface area (Å²) in [7, 11) is 0. The van der Waals surface area contributed by atoms with Crippen molar-refractivity contribution in [2.45, 2.75) is 32.3 Å². The zero-order valence-corrected chi connectivity index (χ0v) is 9.51. The first-order chi connectivity index (χ1) is 7.59. The van der Waals surface area contributed by atoms with Crippen molar-refractivity contribution in [2.24, 2.45) is 5.92 Å². The molecule has 3 heteroatoms. The zero-order valence-electron chi connectivity index (χ0n) is 9.51. The lowest BCUT2D eigenvalue weighted by Gasteiger charge is -2.13. The first-order valence-corrected chi connectivity index (χ1v) is 5.58. The molecule has 0 radical (unpaired) electrons. The smallest absolute Gasteiger partial charge is 0.307 e. The molecule has 2 rings (SSSR count). The summed E-state index contributed by atoms with van der Waals surface area (Å²) in [4.78, 5) is 10.8. The van der Waals surface area contributed by atoms with E-state index < -0.39 is 5.97 Å². The summed E-state index contributed by atoms with van der Waals surface area (Å²) in [5, 5.41) is 8.92. The number of aliphatic carboxylic acids is 1. The summed E-state index contributed by atoms with van der Waals surface area (Å²) in [6, 6.07) is 7.72. The van der Waals surface area contributed by atoms with E-state index >= 15 is 0 Å². The van der Waals surface area contributed by atoms with Gasteiger partial charge in [-0.2, -0.15) is 0 Å². The normalized spacial score (nSPS) is 23.2. The molecular formula is C13H16O3. The van der Waals surface area contributed by atoms with Crippen LogP contribution in [-0.4, -0.2) is 17.2 Å². The van der Waals surface area contributed by atoms with Crippen molar-refractivity contribution in [1.82, 2.24) is 0 Å². The molecule has 0 heterocycles. The van der Waals surface area contributed by atoms with Crippen LogP contribution in [0.3, 0.4) is 0 Å². The maximum Gasteiger partial charge on any atom is 0.307 e. The number of ether oxygens (including phenoxy) is 1. The Morgan fingerprint density at radius 3 is 2.69 bits per heavy atom. The lowest BCUT2D eigenvalue weighted by atomic mass is 10.1. The molecule has 1 aromatic carbocycles. The number of carboxylic acid groups (broad SMARTS) is 1. The second-order valence-electron chi connectivity index (χ2n) is 4.49. The predicted octanol–water partition coefficient (Wildman–Crippen LogP) is 2.66. The highest BCUT2D eigenvalue weighted by molar-refractivity contribution is 5.75. The highest BCUT2D eigenvalue weighted by atomic mass is 16.5. The van der Waals surface area contributed by atoms with Gasteiger partial charge < -0.3 is 9.84 Å². The molecule has 0 saturated heterocycles. The quantitative estimate of drug-likeness (QED) is 0.848. The molecule has 0 aromatic heterocycles. The lowest BCUT2D eigenvalue weighted by Crippen LogP contribution is -2.08. The maximum atomic E-state index is 10.8. The van der Waals surface area contributed by atoms with Gasteiger partial charge in [-0.15, -0.1) is 0 Å². The van der Waals surface area contributed by atoms with Crippen LogP contribution in [0.25, 0.3) is 0 Å². The fourth-order valence-corrected chi connectivity index (χ4v) is 1.96. The molecule has 16 heavy (non-hydrogen) atoms. The number of rotatable bonds is 4. The van der Waals surface area contributed by atoms with Crippen molar-refractivity contribution in [3.63, 3.8) is 0 Å². The number of carbonyl (C=O) groups is 1. The second kappa shape index (κ2) is 4.16. The largest absolute Gasteiger partial charge is 0.491 e. The summed E-state index contributed by atoms with van der Waals surface area (Å²) in [6.45, 7) is 3.94. The first-order valence-electron chi connectivity index (χ1n) is 5.58. The summed E-state index contributed by atoms with van der Waals surface area (Å²) < 4.78 is 5.68. The zero-order chi connectivity index (χ0) is 11.7. The summed E-state index contributed by atoms with van der Waals surface area (Å²) in [5.41, 5.74) is 1.03. The van der Waals surface area contributed by atoms with Gasteiger partial charge in [-0.05, 0) is 31.9 Å². The van der Waals surface area contributed by atoms with Crippen molar-refractivity contribution in [3.05, 3.63) is 29.8 Å². The first kappa shape index (κ1) is 11.0. The molecule has 1 fully saturated rings. The predicted molar refractivity (Wildman–Crippen MR) is 60.7 cm³/mol. The number of hydrogen-bond donors (Lipinski definition) is 1. The molecule has 0 bridgehead atoms. The Morgan fingerprint density at radius 2 is 2.12 bits per heavy atom. The molecule has 3 nitrogen and oxygen atoms in total. The Kier molecular flexibility index (Phi) is 2.86. The minimum atomic E-state index is -0.704. The highest BCUT2D eigenvalue weighted by Crippen LogP contribution is 2.50. The molecule has 0 amide bonds. The van der Waals surface area contributed by atoms with E-state index in [9.17, 15) is 4.79 Å². The summed E-state index contributed by atoms with van der Waals surface area (Å²) in [5.74, 6) is 0.0277. The van der Waals surface area contributed by atoms with Gasteiger partial charge in [0.2, 0.25) is 0 Å². The van der Waals surface area contributed by atoms with Gasteiger partial charge in [0, 0.05) is 5.92 Å². The number of para-hydroxylation sites is 1. The van der Waals surface area contributed by atoms with Crippen LogP contribution in [0.15, 0.2) is 24.3 Å². The van der Waals surface area contributed by atoms with Crippen LogP contribution in [0.1, 0.15) is 31.7 Å². The van der Waals surface area contributed by atoms with Gasteiger partial charge in [-0.25, -0.2) is 0 Å². The molecule has 0 aliphatic heterocycles. The van der Waals surface area contributed by atoms with E-state index in [4.69, 9.17) is 9.84 Å². The third kappa shape index (κ3) is 2.18. The number of hydrogen-bond acceptors (Lipinski definition) is 2. The van der Waals surface area contributed by atoms with E-state index in [2.05, 4.69) is 0 Å². The SMILES string of the molecule is CC(C)Oc1ccccc1C1C[C@@H]1C(=O)O. The van der Waals surface area contributed by atoms with E-state index in [1.54, 1.807) is 0 Å². The summed E-state index contributed by atoms with van der Waals surface area (Å²) in [6.07, 6.45) is 0.844. The second-order valence-corrected chi connectivity index (χ2v) is 4.49. The molecule has 1 aliphatic rings. The van der Waals surface area contributed by atoms with Gasteiger partial charge in [0.1, 0.15) is 5.75 Å². The molecule has 1 aromatic rings. The van der Waals surface area contributed by atoms with Crippen molar-refractivity contribution in [1.29, 1.82) is 0 Å². The van der Waals surface area contributed by atoms with Crippen molar-refractivity contribution >= 4 is 5.97 Å². The maximum absolute atomic E-state index is 10.8. The Balaban J connectivity index is 2.18. The highest BCUT2D eigenvalue weighted by Gasteiger charge is 2.45. The van der Waals surface area contributed by atoms with E-state index in [1.165, 1.54) is 0 Å². The Hall–Kier alpha value is -1.51. The van der Waals surface area contributed by atoms with Gasteiger partial charge in [-0.1, -0.05) is 18.2 Å². The van der Waals surface area contributed by atoms with Gasteiger partial charge in [0.25, 0.3) is 0 Å². The third-order valence-electron chi connectivity index (χ3n) is 2.79. The van der Waals surface area contributed by atoms with Crippen molar-refractivity contribution in [3.8, 4) is 5.75 Å². The average molecular weight is 220 g/mol. The molecular weight excluding hydrogens is 204 g/mol. The number of benzene rings is 1. The fourth-order valence-electron chi connectivity index (χ4n) is 1.96. The van der Waals surface area contributed by atoms with Gasteiger partial charge in [0.05, 0.1) is 12.0 Å². The van der Waals surface area contributed by atoms with Gasteiger partial charge >= 0.3 is 5.97 Å². The topological polar surface area (TPSA) is 46.5 Å². The molecule has 1 aliphatic carbocycles. The van der Waals surface area contributed by atoms with E-state index in [-0.39, 0.29) is 17.9 Å². The minimum absolute atomic E-state index is 0.114. The fraction of sp³-hybridized carbons (Fsp3) is 0.462. The molecule has 0 spiro atoms. The van der Waals surface area contributed by atoms with E-state index in [0.717, 1.165) is 17.7 Å². The Bertz CT molecular complexity index is 398. The van der Waals surface area contributed by atoms with Crippen LogP contribution in [0.4, 0.5) is 0 Å². The molecule has 1 N–H and O–H groups in total. The molecule has 1 saturated carbocycles. The van der Waals surface area contributed by atoms with Crippen LogP contribution in [-0.2, 0) is 4.79 Å². The standard InChI is InChI=1S/C13H16O3/c1-8(2)16-12-6-4-3-5-9(12)10-7-11(10)13(14)15/h3-6,8,10-11H,7H2,1-2H3,(H,14,15)/t10?,11-/m0/s1. The van der Waals surface area contributed by atoms with Gasteiger partial charge in [0.15, 0.2) is 0 Å². The molecule has 86 valence electrons. The van der Waals surface area contributed by atoms with E-state index in [0.29, 0.717) is 0 Å². The molecule has 2 atom stereocenters. The monoisotopic (exact) mass is 220 g/mol. The third-order valence-corrected chi connectivity index (χ3v) is 2.79.